The molecule has 0 heterocycles. The third kappa shape index (κ3) is 4.02. The molecule has 1 unspecified atom stereocenters. The number of hydrogen-bond acceptors (Lipinski definition) is 4. The minimum atomic E-state index is -3.60. The Morgan fingerprint density at radius 3 is 1.92 bits per heavy atom. The summed E-state index contributed by atoms with van der Waals surface area (Å²) in [7, 11) is -0.418. The number of hydrogen-bond donors (Lipinski definition) is 0. The third-order valence-electron chi connectivity index (χ3n) is 4.92. The first-order valence-corrected chi connectivity index (χ1v) is 10.2. The molecule has 0 saturated heterocycles. The molecule has 26 heavy (non-hydrogen) atoms. The number of rotatable bonds is 8. The Balaban J connectivity index is 1.90. The van der Waals surface area contributed by atoms with Crippen LogP contribution in [0, 0.1) is 5.92 Å². The largest absolute Gasteiger partial charge is 0.497 e. The van der Waals surface area contributed by atoms with E-state index in [1.165, 1.54) is 0 Å². The zero-order valence-corrected chi connectivity index (χ0v) is 16.2. The lowest BCUT2D eigenvalue weighted by molar-refractivity contribution is 0.303. The van der Waals surface area contributed by atoms with Gasteiger partial charge < -0.3 is 9.47 Å². The summed E-state index contributed by atoms with van der Waals surface area (Å²) >= 11 is 0. The van der Waals surface area contributed by atoms with Gasteiger partial charge in [-0.05, 0) is 67.6 Å². The van der Waals surface area contributed by atoms with Crippen LogP contribution in [0.25, 0.3) is 0 Å². The highest BCUT2D eigenvalue weighted by atomic mass is 32.2. The number of ether oxygens (including phenoxy) is 2. The molecular formula is C20H25NO4S. The number of nitrogens with zero attached hydrogens (tertiary/aromatic N) is 1. The summed E-state index contributed by atoms with van der Waals surface area (Å²) in [6, 6.07) is 14.1. The Hall–Kier alpha value is -2.05. The molecule has 0 radical (unpaired) electrons. The molecule has 0 aromatic heterocycles. The maximum absolute atomic E-state index is 13.3. The van der Waals surface area contributed by atoms with Crippen molar-refractivity contribution in [2.45, 2.75) is 37.2 Å². The van der Waals surface area contributed by atoms with Crippen molar-refractivity contribution in [1.82, 2.24) is 4.31 Å². The molecule has 5 nitrogen and oxygen atoms in total. The van der Waals surface area contributed by atoms with Crippen molar-refractivity contribution in [3.05, 3.63) is 54.1 Å². The first kappa shape index (κ1) is 18.7. The lowest BCUT2D eigenvalue weighted by Gasteiger charge is -2.28. The van der Waals surface area contributed by atoms with E-state index in [-0.39, 0.29) is 6.04 Å². The van der Waals surface area contributed by atoms with E-state index >= 15 is 0 Å². The lowest BCUT2D eigenvalue weighted by atomic mass is 10.1. The molecule has 1 aliphatic carbocycles. The number of methoxy groups -OCH3 is 2. The van der Waals surface area contributed by atoms with E-state index < -0.39 is 10.0 Å². The van der Waals surface area contributed by atoms with Crippen LogP contribution >= 0.6 is 0 Å². The monoisotopic (exact) mass is 375 g/mol. The van der Waals surface area contributed by atoms with E-state index in [1.54, 1.807) is 42.8 Å². The third-order valence-corrected chi connectivity index (χ3v) is 6.87. The van der Waals surface area contributed by atoms with Crippen molar-refractivity contribution in [2.75, 3.05) is 14.2 Å². The van der Waals surface area contributed by atoms with Crippen molar-refractivity contribution in [3.8, 4) is 11.5 Å². The molecule has 140 valence electrons. The minimum Gasteiger partial charge on any atom is -0.497 e. The Morgan fingerprint density at radius 2 is 1.46 bits per heavy atom. The Kier molecular flexibility index (Phi) is 5.53. The molecule has 1 aliphatic rings. The van der Waals surface area contributed by atoms with Crippen molar-refractivity contribution in [3.63, 3.8) is 0 Å². The fourth-order valence-corrected chi connectivity index (χ4v) is 4.74. The molecule has 0 amide bonds. The maximum atomic E-state index is 13.3. The molecule has 0 spiro atoms. The lowest BCUT2D eigenvalue weighted by Crippen LogP contribution is -2.39. The summed E-state index contributed by atoms with van der Waals surface area (Å²) in [4.78, 5) is 0.291. The van der Waals surface area contributed by atoms with E-state index in [4.69, 9.17) is 9.47 Å². The Bertz CT molecular complexity index is 827. The normalized spacial score (nSPS) is 15.7. The van der Waals surface area contributed by atoms with Gasteiger partial charge in [-0.1, -0.05) is 12.1 Å². The standard InChI is InChI=1S/C20H25NO4S/c1-15(17-6-7-17)21(14-16-4-8-18(24-2)9-5-16)26(22,23)20-12-10-19(25-3)11-13-20/h4-5,8-13,15,17H,6-7,14H2,1-3H3. The molecular weight excluding hydrogens is 350 g/mol. The topological polar surface area (TPSA) is 55.8 Å². The molecule has 1 saturated carbocycles. The van der Waals surface area contributed by atoms with Gasteiger partial charge in [0, 0.05) is 12.6 Å². The predicted molar refractivity (Wildman–Crippen MR) is 101 cm³/mol. The molecule has 1 fully saturated rings. The molecule has 1 atom stereocenters. The van der Waals surface area contributed by atoms with E-state index in [0.717, 1.165) is 24.2 Å². The zero-order chi connectivity index (χ0) is 18.7. The summed E-state index contributed by atoms with van der Waals surface area (Å²) in [5.74, 6) is 1.83. The number of benzene rings is 2. The summed E-state index contributed by atoms with van der Waals surface area (Å²) in [5.41, 5.74) is 0.940. The van der Waals surface area contributed by atoms with Gasteiger partial charge in [0.1, 0.15) is 11.5 Å². The summed E-state index contributed by atoms with van der Waals surface area (Å²) < 4.78 is 38.5. The van der Waals surface area contributed by atoms with Crippen LogP contribution in [0.1, 0.15) is 25.3 Å². The van der Waals surface area contributed by atoms with Crippen LogP contribution in [0.2, 0.25) is 0 Å². The quantitative estimate of drug-likeness (QED) is 0.706. The summed E-state index contributed by atoms with van der Waals surface area (Å²) in [5, 5.41) is 0. The highest BCUT2D eigenvalue weighted by Crippen LogP contribution is 2.38. The zero-order valence-electron chi connectivity index (χ0n) is 15.4. The minimum absolute atomic E-state index is 0.0378. The summed E-state index contributed by atoms with van der Waals surface area (Å²) in [6.45, 7) is 2.35. The van der Waals surface area contributed by atoms with E-state index in [2.05, 4.69) is 0 Å². The fourth-order valence-electron chi connectivity index (χ4n) is 3.06. The van der Waals surface area contributed by atoms with Gasteiger partial charge >= 0.3 is 0 Å². The average Bonchev–Trinajstić information content (AvgIpc) is 3.51. The molecule has 6 heteroatoms. The molecule has 2 aromatic carbocycles. The van der Waals surface area contributed by atoms with Crippen LogP contribution in [-0.2, 0) is 16.6 Å². The van der Waals surface area contributed by atoms with Gasteiger partial charge in [-0.2, -0.15) is 4.31 Å². The van der Waals surface area contributed by atoms with E-state index in [1.807, 2.05) is 31.2 Å². The molecule has 0 bridgehead atoms. The van der Waals surface area contributed by atoms with Crippen molar-refractivity contribution in [2.24, 2.45) is 5.92 Å². The van der Waals surface area contributed by atoms with Crippen LogP contribution in [0.15, 0.2) is 53.4 Å². The molecule has 2 aromatic rings. The van der Waals surface area contributed by atoms with Gasteiger partial charge in [0.15, 0.2) is 0 Å². The van der Waals surface area contributed by atoms with Crippen molar-refractivity contribution >= 4 is 10.0 Å². The number of sulfonamides is 1. The second-order valence-electron chi connectivity index (χ2n) is 6.65. The van der Waals surface area contributed by atoms with E-state index in [0.29, 0.717) is 23.1 Å². The smallest absolute Gasteiger partial charge is 0.243 e. The second-order valence-corrected chi connectivity index (χ2v) is 8.54. The first-order chi connectivity index (χ1) is 12.5. The average molecular weight is 375 g/mol. The molecule has 0 N–H and O–H groups in total. The fraction of sp³-hybridized carbons (Fsp3) is 0.400. The van der Waals surface area contributed by atoms with Crippen LogP contribution in [0.4, 0.5) is 0 Å². The van der Waals surface area contributed by atoms with Crippen LogP contribution < -0.4 is 9.47 Å². The Morgan fingerprint density at radius 1 is 0.962 bits per heavy atom. The van der Waals surface area contributed by atoms with Crippen LogP contribution in [-0.4, -0.2) is 33.0 Å². The van der Waals surface area contributed by atoms with Gasteiger partial charge in [-0.25, -0.2) is 8.42 Å². The SMILES string of the molecule is COc1ccc(CN(C(C)C2CC2)S(=O)(=O)c2ccc(OC)cc2)cc1. The van der Waals surface area contributed by atoms with Crippen molar-refractivity contribution in [1.29, 1.82) is 0 Å². The van der Waals surface area contributed by atoms with E-state index in [9.17, 15) is 8.42 Å². The van der Waals surface area contributed by atoms with Gasteiger partial charge in [-0.3, -0.25) is 0 Å². The van der Waals surface area contributed by atoms with Crippen molar-refractivity contribution < 1.29 is 17.9 Å². The molecule has 0 aliphatic heterocycles. The highest BCUT2D eigenvalue weighted by Gasteiger charge is 2.38. The summed E-state index contributed by atoms with van der Waals surface area (Å²) in [6.07, 6.45) is 2.16. The van der Waals surface area contributed by atoms with Gasteiger partial charge in [0.25, 0.3) is 0 Å². The highest BCUT2D eigenvalue weighted by molar-refractivity contribution is 7.89. The van der Waals surface area contributed by atoms with Crippen LogP contribution in [0.5, 0.6) is 11.5 Å². The van der Waals surface area contributed by atoms with Crippen LogP contribution in [0.3, 0.4) is 0 Å². The second kappa shape index (κ2) is 7.68. The molecule has 3 rings (SSSR count). The first-order valence-electron chi connectivity index (χ1n) is 8.74. The van der Waals surface area contributed by atoms with Gasteiger partial charge in [0.05, 0.1) is 19.1 Å². The maximum Gasteiger partial charge on any atom is 0.243 e. The van der Waals surface area contributed by atoms with Gasteiger partial charge in [-0.15, -0.1) is 0 Å². The van der Waals surface area contributed by atoms with Gasteiger partial charge in [0.2, 0.25) is 10.0 Å². The predicted octanol–water partition coefficient (Wildman–Crippen LogP) is 3.69. The Labute approximate surface area is 155 Å².